The Bertz CT molecular complexity index is 1680. The summed E-state index contributed by atoms with van der Waals surface area (Å²) in [5.74, 6) is 0. The van der Waals surface area contributed by atoms with Gasteiger partial charge in [-0.05, 0) is 104 Å². The van der Waals surface area contributed by atoms with Crippen molar-refractivity contribution in [3.63, 3.8) is 0 Å². The maximum atomic E-state index is 7.39. The average Bonchev–Trinajstić information content (AvgIpc) is 3.46. The molecule has 4 aromatic rings. The molecule has 0 aromatic heterocycles. The molecule has 4 aromatic carbocycles. The first kappa shape index (κ1) is 63.9. The van der Waals surface area contributed by atoms with Crippen LogP contribution in [0.5, 0.6) is 0 Å². The fourth-order valence-corrected chi connectivity index (χ4v) is 22.6. The van der Waals surface area contributed by atoms with Crippen LogP contribution >= 0.6 is 22.6 Å². The van der Waals surface area contributed by atoms with Gasteiger partial charge in [0, 0.05) is 92.7 Å². The Morgan fingerprint density at radius 2 is 0.786 bits per heavy atom. The van der Waals surface area contributed by atoms with E-state index in [9.17, 15) is 0 Å². The summed E-state index contributed by atoms with van der Waals surface area (Å²) < 4.78 is 16.6. The van der Waals surface area contributed by atoms with Crippen molar-refractivity contribution in [2.45, 2.75) is 128 Å². The minimum atomic E-state index is -1.67. The Hall–Kier alpha value is -2.21. The van der Waals surface area contributed by atoms with Gasteiger partial charge in [0.2, 0.25) is 0 Å². The molecule has 4 aliphatic rings. The summed E-state index contributed by atoms with van der Waals surface area (Å²) >= 11 is 0.586. The Morgan fingerprint density at radius 1 is 0.514 bits per heavy atom. The molecule has 0 spiro atoms. The van der Waals surface area contributed by atoms with E-state index in [-0.39, 0.29) is 0 Å². The monoisotopic (exact) mass is 1190 g/mol. The summed E-state index contributed by atoms with van der Waals surface area (Å²) in [5, 5.41) is 21.4. The van der Waals surface area contributed by atoms with Crippen LogP contribution in [0.1, 0.15) is 94.4 Å². The molecule has 0 bridgehead atoms. The maximum Gasteiger partial charge on any atom is 0.252 e. The Kier molecular flexibility index (Phi) is 40.4. The second-order valence-electron chi connectivity index (χ2n) is 18.2. The molecule has 2 saturated heterocycles. The van der Waals surface area contributed by atoms with Crippen LogP contribution in [0.15, 0.2) is 109 Å². The van der Waals surface area contributed by atoms with Gasteiger partial charge in [-0.2, -0.15) is 0 Å². The van der Waals surface area contributed by atoms with Crippen LogP contribution in [0.25, 0.3) is 0 Å². The van der Waals surface area contributed by atoms with E-state index >= 15 is 0 Å². The molecule has 2 heterocycles. The normalized spacial score (nSPS) is 17.3. The van der Waals surface area contributed by atoms with E-state index in [4.69, 9.17) is 17.9 Å². The third-order valence-corrected chi connectivity index (χ3v) is 27.3. The number of nitrogens with two attached hydrogens (primary N) is 2. The number of rotatable bonds is 13. The van der Waals surface area contributed by atoms with Gasteiger partial charge in [-0.15, -0.1) is 0 Å². The maximum absolute atomic E-state index is 7.39. The number of hydrogen-bond acceptors (Lipinski definition) is 9. The first-order valence-electron chi connectivity index (χ1n) is 27.5. The van der Waals surface area contributed by atoms with E-state index in [1.54, 1.807) is 35.6 Å². The molecule has 0 amide bonds. The van der Waals surface area contributed by atoms with E-state index in [2.05, 4.69) is 189 Å². The summed E-state index contributed by atoms with van der Waals surface area (Å²) in [6, 6.07) is 41.1. The number of halogens is 1. The van der Waals surface area contributed by atoms with Gasteiger partial charge in [0.25, 0.3) is 7.98 Å². The first-order valence-corrected chi connectivity index (χ1v) is 37.5. The molecule has 2 atom stereocenters. The minimum absolute atomic E-state index is 0.743. The van der Waals surface area contributed by atoms with Crippen molar-refractivity contribution in [1.82, 2.24) is 9.80 Å². The number of aliphatic hydroxyl groups is 2. The summed E-state index contributed by atoms with van der Waals surface area (Å²) in [4.78, 5) is 15.2. The van der Waals surface area contributed by atoms with Gasteiger partial charge < -0.3 is 36.5 Å². The molecule has 396 valence electrons. The quantitative estimate of drug-likeness (QED) is 0.0506. The number of fused-ring (bicyclic) bond motifs is 2. The number of aryl methyl sites for hydroxylation is 2. The van der Waals surface area contributed by atoms with E-state index < -0.39 is 26.4 Å². The number of nitrogens with zero attached hydrogens (tertiary/aromatic N) is 4. The first-order chi connectivity index (χ1) is 35.2. The molecule has 2 aliphatic heterocycles. The zero-order valence-electron chi connectivity index (χ0n) is 47.6. The van der Waals surface area contributed by atoms with Gasteiger partial charge in [-0.25, -0.2) is 0 Å². The van der Waals surface area contributed by atoms with Crippen molar-refractivity contribution in [3.8, 4) is 0 Å². The molecule has 0 saturated carbocycles. The molecule has 2 unspecified atom stereocenters. The van der Waals surface area contributed by atoms with Gasteiger partial charge >= 0.3 is 95.9 Å². The van der Waals surface area contributed by atoms with Crippen LogP contribution in [0.4, 0.5) is 11.4 Å². The van der Waals surface area contributed by atoms with Crippen molar-refractivity contribution in [3.05, 3.63) is 131 Å². The van der Waals surface area contributed by atoms with Gasteiger partial charge in [-0.1, -0.05) is 108 Å². The van der Waals surface area contributed by atoms with Crippen molar-refractivity contribution in [2.75, 3.05) is 95.4 Å². The number of aliphatic hydroxyl groups excluding tert-OH is 2. The topological polar surface area (TPSA) is 126 Å². The Morgan fingerprint density at radius 3 is 1.07 bits per heavy atom. The molecule has 0 radical (unpaired) electrons. The van der Waals surface area contributed by atoms with E-state index in [1.165, 1.54) is 129 Å². The molecule has 9 nitrogen and oxygen atoms in total. The third-order valence-electron chi connectivity index (χ3n) is 13.9. The molecule has 8 rings (SSSR count). The average molecular weight is 1190 g/mol. The standard InChI is InChI=1S/2C20H24N2.3C4H9.CH3I.2CH5N.2CH4O.CH3.BH3O.Sn/c2*1-2-8-19(9-3-1)21-12-14-22(15-13-21)20-11-10-17-6-4-5-7-18(17)16-20;3*1-3-4-2;5*1-2;;1-2;/h2*1-9,20H,10-16H2;3*1,3-4H2,2H3;1H3;2*2H2,1H3;2*2H,1H3;1H3;2H,1H2;/i;;;;;;;;;;;1T2;. The molecule has 12 heteroatoms. The van der Waals surface area contributed by atoms with Crippen molar-refractivity contribution < 1.29 is 15.2 Å². The predicted molar refractivity (Wildman–Crippen MR) is 323 cm³/mol. The molecule has 7 N–H and O–H groups in total. The number of hydrogen-bond donors (Lipinski definition) is 5. The summed E-state index contributed by atoms with van der Waals surface area (Å²) in [5.41, 5.74) is 18.0. The fourth-order valence-electron chi connectivity index (χ4n) is 10.1. The SMILES string of the molecule is CCC[CH2][Sn]([CH3])([CH2]CCC)[CH2]CCC.CI.CN.CN.CO.CO.[3H]B([3H])O.c1ccc(N2CCN(C3CCc4ccccc4C3)CC2)cc1.c1ccc(N2CCN(C3CCc4ccccc4C3)CC2)cc1. The second kappa shape index (κ2) is 44.3. The number of unbranched alkanes of at least 4 members (excludes halogenated alkanes) is 3. The molecule has 2 aliphatic carbocycles. The van der Waals surface area contributed by atoms with Crippen molar-refractivity contribution >= 4 is 60.3 Å². The largest absolute Gasteiger partial charge is 0.458 e. The second-order valence-corrected chi connectivity index (χ2v) is 32.8. The summed E-state index contributed by atoms with van der Waals surface area (Å²) in [6.07, 6.45) is 16.4. The van der Waals surface area contributed by atoms with E-state index in [0.717, 1.165) is 52.5 Å². The van der Waals surface area contributed by atoms with Crippen LogP contribution in [0.3, 0.4) is 0 Å². The van der Waals surface area contributed by atoms with Gasteiger partial charge in [0.15, 0.2) is 0 Å². The Balaban J connectivity index is 0.000000951. The zero-order valence-corrected chi connectivity index (χ0v) is 50.6. The summed E-state index contributed by atoms with van der Waals surface area (Å²) in [7, 11) is 3.33. The predicted octanol–water partition coefficient (Wildman–Crippen LogP) is 10.1. The van der Waals surface area contributed by atoms with Gasteiger partial charge in [0.1, 0.15) is 0 Å². The molecule has 2 fully saturated rings. The number of piperazine rings is 2. The molecular formula is C58H102BIN6O3Sn. The molecular weight excluding hydrogens is 1090 g/mol. The fraction of sp³-hybridized carbons (Fsp3) is 0.586. The van der Waals surface area contributed by atoms with E-state index in [1.807, 2.05) is 4.93 Å². The van der Waals surface area contributed by atoms with Crippen LogP contribution in [-0.4, -0.2) is 152 Å². The number of anilines is 2. The van der Waals surface area contributed by atoms with Gasteiger partial charge in [0.05, 0.1) is 0 Å². The van der Waals surface area contributed by atoms with Crippen LogP contribution < -0.4 is 21.3 Å². The van der Waals surface area contributed by atoms with Crippen molar-refractivity contribution in [1.29, 1.82) is 2.67 Å². The van der Waals surface area contributed by atoms with Crippen LogP contribution in [0.2, 0.25) is 18.2 Å². The molecule has 70 heavy (non-hydrogen) atoms. The van der Waals surface area contributed by atoms with E-state index in [0.29, 0.717) is 0 Å². The third kappa shape index (κ3) is 25.2. The number of para-hydroxylation sites is 2. The van der Waals surface area contributed by atoms with Gasteiger partial charge in [-0.3, -0.25) is 9.80 Å². The number of alkyl halides is 1. The Labute approximate surface area is 451 Å². The van der Waals surface area contributed by atoms with Crippen molar-refractivity contribution in [2.24, 2.45) is 11.5 Å². The minimum Gasteiger partial charge on any atom is -0.458 e. The number of benzene rings is 4. The smallest absolute Gasteiger partial charge is 0.252 e. The van der Waals surface area contributed by atoms with Crippen LogP contribution in [-0.2, 0) is 25.7 Å². The zero-order chi connectivity index (χ0) is 54.0. The van der Waals surface area contributed by atoms with Crippen LogP contribution in [0, 0.1) is 0 Å². The summed E-state index contributed by atoms with van der Waals surface area (Å²) in [6.45, 7) is 16.4.